The fourth-order valence-electron chi connectivity index (χ4n) is 4.48. The molecule has 7 heteroatoms. The molecule has 2 heterocycles. The van der Waals surface area contributed by atoms with E-state index in [4.69, 9.17) is 11.6 Å². The van der Waals surface area contributed by atoms with Crippen LogP contribution in [0.5, 0.6) is 0 Å². The van der Waals surface area contributed by atoms with E-state index < -0.39 is 0 Å². The molecule has 2 aromatic rings. The highest BCUT2D eigenvalue weighted by Crippen LogP contribution is 2.23. The summed E-state index contributed by atoms with van der Waals surface area (Å²) in [6.07, 6.45) is 4.82. The Balaban J connectivity index is 1.22. The molecule has 2 fully saturated rings. The lowest BCUT2D eigenvalue weighted by atomic mass is 9.95. The lowest BCUT2D eigenvalue weighted by molar-refractivity contribution is -0.141. The summed E-state index contributed by atoms with van der Waals surface area (Å²) in [5.74, 6) is -0.170. The third-order valence-electron chi connectivity index (χ3n) is 6.50. The van der Waals surface area contributed by atoms with E-state index in [2.05, 4.69) is 4.90 Å². The molecule has 2 aromatic carbocycles. The number of benzene rings is 2. The van der Waals surface area contributed by atoms with Crippen molar-refractivity contribution in [1.82, 2.24) is 14.7 Å². The van der Waals surface area contributed by atoms with Gasteiger partial charge in [0.05, 0.1) is 0 Å². The van der Waals surface area contributed by atoms with Gasteiger partial charge in [0.2, 0.25) is 11.8 Å². The zero-order valence-corrected chi connectivity index (χ0v) is 19.4. The molecule has 0 aliphatic carbocycles. The molecule has 0 atom stereocenters. The second-order valence-electron chi connectivity index (χ2n) is 8.65. The van der Waals surface area contributed by atoms with Crippen LogP contribution in [0.25, 0.3) is 6.08 Å². The van der Waals surface area contributed by atoms with E-state index >= 15 is 0 Å². The Morgan fingerprint density at radius 2 is 1.61 bits per heavy atom. The minimum absolute atomic E-state index is 0.00910. The van der Waals surface area contributed by atoms with Gasteiger partial charge in [-0.05, 0) is 36.6 Å². The first-order valence-electron chi connectivity index (χ1n) is 11.5. The molecule has 0 spiro atoms. The summed E-state index contributed by atoms with van der Waals surface area (Å²) in [4.78, 5) is 31.4. The van der Waals surface area contributed by atoms with Crippen molar-refractivity contribution in [2.45, 2.75) is 19.4 Å². The number of carbonyl (C=O) groups excluding carboxylic acids is 2. The van der Waals surface area contributed by atoms with E-state index in [1.165, 1.54) is 6.07 Å². The zero-order valence-electron chi connectivity index (χ0n) is 18.6. The topological polar surface area (TPSA) is 43.9 Å². The minimum atomic E-state index is -0.291. The predicted molar refractivity (Wildman–Crippen MR) is 128 cm³/mol. The molecular weight excluding hydrogens is 441 g/mol. The monoisotopic (exact) mass is 469 g/mol. The van der Waals surface area contributed by atoms with Gasteiger partial charge < -0.3 is 9.80 Å². The van der Waals surface area contributed by atoms with E-state index in [1.807, 2.05) is 46.2 Å². The number of hydrogen-bond donors (Lipinski definition) is 0. The van der Waals surface area contributed by atoms with Crippen LogP contribution in [0.3, 0.4) is 0 Å². The van der Waals surface area contributed by atoms with Crippen LogP contribution < -0.4 is 0 Å². The lowest BCUT2D eigenvalue weighted by Gasteiger charge is -2.38. The van der Waals surface area contributed by atoms with Gasteiger partial charge in [-0.25, -0.2) is 4.39 Å². The second kappa shape index (κ2) is 10.9. The Labute approximate surface area is 199 Å². The number of likely N-dealkylation sites (tertiary alicyclic amines) is 1. The van der Waals surface area contributed by atoms with Gasteiger partial charge in [-0.1, -0.05) is 48.0 Å². The molecule has 0 bridgehead atoms. The molecule has 0 saturated carbocycles. The number of piperazine rings is 1. The van der Waals surface area contributed by atoms with Crippen LogP contribution in [0.2, 0.25) is 5.02 Å². The van der Waals surface area contributed by atoms with Crippen LogP contribution in [-0.2, 0) is 16.1 Å². The maximum absolute atomic E-state index is 14.1. The summed E-state index contributed by atoms with van der Waals surface area (Å²) in [5, 5.41) is 0.438. The summed E-state index contributed by atoms with van der Waals surface area (Å²) in [7, 11) is 0. The first-order valence-corrected chi connectivity index (χ1v) is 11.8. The second-order valence-corrected chi connectivity index (χ2v) is 9.05. The zero-order chi connectivity index (χ0) is 23.2. The smallest absolute Gasteiger partial charge is 0.246 e. The van der Waals surface area contributed by atoms with E-state index in [-0.39, 0.29) is 23.5 Å². The Kier molecular flexibility index (Phi) is 7.78. The molecule has 4 rings (SSSR count). The number of halogens is 2. The van der Waals surface area contributed by atoms with Gasteiger partial charge in [-0.2, -0.15) is 0 Å². The largest absolute Gasteiger partial charge is 0.340 e. The Hall–Kier alpha value is -2.70. The summed E-state index contributed by atoms with van der Waals surface area (Å²) >= 11 is 6.15. The number of nitrogens with zero attached hydrogens (tertiary/aromatic N) is 3. The van der Waals surface area contributed by atoms with Crippen LogP contribution >= 0.6 is 11.6 Å². The molecule has 2 saturated heterocycles. The maximum atomic E-state index is 14.1. The number of amides is 2. The first-order chi connectivity index (χ1) is 16.0. The molecule has 0 radical (unpaired) electrons. The Morgan fingerprint density at radius 1 is 0.909 bits per heavy atom. The van der Waals surface area contributed by atoms with Crippen molar-refractivity contribution in [1.29, 1.82) is 0 Å². The van der Waals surface area contributed by atoms with E-state index in [0.717, 1.165) is 5.56 Å². The van der Waals surface area contributed by atoms with Gasteiger partial charge in [0.25, 0.3) is 0 Å². The third-order valence-corrected chi connectivity index (χ3v) is 6.86. The summed E-state index contributed by atoms with van der Waals surface area (Å²) in [6.45, 7) is 4.29. The summed E-state index contributed by atoms with van der Waals surface area (Å²) in [6, 6.07) is 14.5. The van der Waals surface area contributed by atoms with Gasteiger partial charge in [0.15, 0.2) is 0 Å². The molecule has 174 valence electrons. The normalized spacial score (nSPS) is 18.1. The van der Waals surface area contributed by atoms with Crippen molar-refractivity contribution >= 4 is 29.5 Å². The molecule has 0 aromatic heterocycles. The number of hydrogen-bond acceptors (Lipinski definition) is 3. The van der Waals surface area contributed by atoms with Crippen molar-refractivity contribution < 1.29 is 14.0 Å². The van der Waals surface area contributed by atoms with Gasteiger partial charge in [-0.3, -0.25) is 14.5 Å². The summed E-state index contributed by atoms with van der Waals surface area (Å²) in [5.41, 5.74) is 1.50. The van der Waals surface area contributed by atoms with Crippen LogP contribution in [-0.4, -0.2) is 65.8 Å². The van der Waals surface area contributed by atoms with Crippen molar-refractivity contribution in [3.63, 3.8) is 0 Å². The molecular formula is C26H29ClFN3O2. The van der Waals surface area contributed by atoms with Gasteiger partial charge >= 0.3 is 0 Å². The van der Waals surface area contributed by atoms with E-state index in [1.54, 1.807) is 18.2 Å². The number of piperidine rings is 1. The van der Waals surface area contributed by atoms with Crippen molar-refractivity contribution in [3.05, 3.63) is 76.6 Å². The minimum Gasteiger partial charge on any atom is -0.340 e. The maximum Gasteiger partial charge on any atom is 0.246 e. The van der Waals surface area contributed by atoms with Crippen LogP contribution in [0, 0.1) is 11.7 Å². The molecule has 2 aliphatic heterocycles. The van der Waals surface area contributed by atoms with Crippen molar-refractivity contribution in [3.8, 4) is 0 Å². The van der Waals surface area contributed by atoms with Crippen molar-refractivity contribution in [2.75, 3.05) is 39.3 Å². The van der Waals surface area contributed by atoms with Crippen LogP contribution in [0.15, 0.2) is 54.6 Å². The van der Waals surface area contributed by atoms with E-state index in [0.29, 0.717) is 69.2 Å². The standard InChI is InChI=1S/C26H29ClFN3O2/c27-23-7-4-8-24(28)22(23)19-29-15-17-31(18-16-29)26(33)21-11-13-30(14-12-21)25(32)10-9-20-5-2-1-3-6-20/h1-10,21H,11-19H2. The average Bonchev–Trinajstić information content (AvgIpc) is 2.85. The quantitative estimate of drug-likeness (QED) is 0.620. The summed E-state index contributed by atoms with van der Waals surface area (Å²) < 4.78 is 14.1. The highest BCUT2D eigenvalue weighted by Gasteiger charge is 2.31. The average molecular weight is 470 g/mol. The van der Waals surface area contributed by atoms with Crippen LogP contribution in [0.4, 0.5) is 4.39 Å². The lowest BCUT2D eigenvalue weighted by Crippen LogP contribution is -2.51. The molecule has 2 aliphatic rings. The SMILES string of the molecule is O=C(C=Cc1ccccc1)N1CCC(C(=O)N2CCN(Cc3c(F)cccc3Cl)CC2)CC1. The molecule has 2 amide bonds. The first kappa shape index (κ1) is 23.5. The Morgan fingerprint density at radius 3 is 2.27 bits per heavy atom. The van der Waals surface area contributed by atoms with Gasteiger partial charge in [0, 0.05) is 68.4 Å². The predicted octanol–water partition coefficient (Wildman–Crippen LogP) is 4.08. The fraction of sp³-hybridized carbons (Fsp3) is 0.385. The number of carbonyl (C=O) groups is 2. The molecule has 5 nitrogen and oxygen atoms in total. The molecule has 33 heavy (non-hydrogen) atoms. The molecule has 0 unspecified atom stereocenters. The highest BCUT2D eigenvalue weighted by molar-refractivity contribution is 6.31. The highest BCUT2D eigenvalue weighted by atomic mass is 35.5. The molecule has 0 N–H and O–H groups in total. The van der Waals surface area contributed by atoms with Gasteiger partial charge in [-0.15, -0.1) is 0 Å². The third kappa shape index (κ3) is 6.01. The van der Waals surface area contributed by atoms with Crippen molar-refractivity contribution in [2.24, 2.45) is 5.92 Å². The fourth-order valence-corrected chi connectivity index (χ4v) is 4.70. The van der Waals surface area contributed by atoms with Gasteiger partial charge in [0.1, 0.15) is 5.82 Å². The Bertz CT molecular complexity index is 978. The van der Waals surface area contributed by atoms with Crippen LogP contribution in [0.1, 0.15) is 24.0 Å². The van der Waals surface area contributed by atoms with E-state index in [9.17, 15) is 14.0 Å². The number of rotatable bonds is 5.